The monoisotopic (exact) mass is 458 g/mol. The van der Waals surface area contributed by atoms with Gasteiger partial charge >= 0.3 is 6.09 Å². The van der Waals surface area contributed by atoms with Crippen LogP contribution in [-0.2, 0) is 14.3 Å². The summed E-state index contributed by atoms with van der Waals surface area (Å²) >= 11 is 0. The van der Waals surface area contributed by atoms with Crippen molar-refractivity contribution in [3.63, 3.8) is 0 Å². The largest absolute Gasteiger partial charge is 0.444 e. The molecule has 0 aliphatic carbocycles. The van der Waals surface area contributed by atoms with Gasteiger partial charge in [0.2, 0.25) is 11.8 Å². The number of hydrogen-bond acceptors (Lipinski definition) is 5. The third-order valence-electron chi connectivity index (χ3n) is 4.94. The molecular formula is C25H38N4O4. The van der Waals surface area contributed by atoms with Crippen molar-refractivity contribution in [2.24, 2.45) is 5.92 Å². The summed E-state index contributed by atoms with van der Waals surface area (Å²) in [5.41, 5.74) is 1.59. The van der Waals surface area contributed by atoms with Gasteiger partial charge < -0.3 is 20.3 Å². The number of hydrogen-bond donors (Lipinski definition) is 2. The van der Waals surface area contributed by atoms with Crippen LogP contribution in [0.15, 0.2) is 18.2 Å². The summed E-state index contributed by atoms with van der Waals surface area (Å²) in [5, 5.41) is 15.1. The molecule has 0 bridgehead atoms. The summed E-state index contributed by atoms with van der Waals surface area (Å²) in [6.45, 7) is 15.8. The number of aryl methyl sites for hydroxylation is 2. The predicted octanol–water partition coefficient (Wildman–Crippen LogP) is 3.77. The first-order valence-corrected chi connectivity index (χ1v) is 11.2. The maximum absolute atomic E-state index is 13.7. The fraction of sp³-hybridized carbons (Fsp3) is 0.600. The second-order valence-electron chi connectivity index (χ2n) is 9.86. The number of alkyl carbamates (subject to hydrolysis) is 1. The lowest BCUT2D eigenvalue weighted by Crippen LogP contribution is -2.55. The molecule has 8 heteroatoms. The Bertz CT molecular complexity index is 876. The molecule has 182 valence electrons. The van der Waals surface area contributed by atoms with E-state index in [0.29, 0.717) is 5.56 Å². The Morgan fingerprint density at radius 3 is 2.03 bits per heavy atom. The number of carbonyl (C=O) groups is 3. The highest BCUT2D eigenvalue weighted by molar-refractivity contribution is 5.93. The molecule has 2 atom stereocenters. The zero-order chi connectivity index (χ0) is 25.5. The number of ether oxygens (including phenoxy) is 1. The summed E-state index contributed by atoms with van der Waals surface area (Å²) in [6, 6.07) is 5.46. The number of rotatable bonds is 8. The molecule has 0 saturated carbocycles. The normalized spacial score (nSPS) is 13.2. The minimum Gasteiger partial charge on any atom is -0.444 e. The van der Waals surface area contributed by atoms with Crippen LogP contribution in [0.5, 0.6) is 0 Å². The number of nitrogens with one attached hydrogen (secondary N) is 2. The molecule has 0 radical (unpaired) electrons. The molecule has 0 saturated heterocycles. The predicted molar refractivity (Wildman–Crippen MR) is 127 cm³/mol. The van der Waals surface area contributed by atoms with Crippen LogP contribution >= 0.6 is 0 Å². The van der Waals surface area contributed by atoms with Crippen molar-refractivity contribution in [2.75, 3.05) is 6.54 Å². The Labute approximate surface area is 197 Å². The van der Waals surface area contributed by atoms with E-state index in [1.54, 1.807) is 34.6 Å². The Morgan fingerprint density at radius 1 is 1.06 bits per heavy atom. The van der Waals surface area contributed by atoms with Gasteiger partial charge in [-0.3, -0.25) is 9.59 Å². The van der Waals surface area contributed by atoms with Crippen molar-refractivity contribution in [3.05, 3.63) is 34.9 Å². The van der Waals surface area contributed by atoms with E-state index in [0.717, 1.165) is 11.1 Å². The first-order valence-electron chi connectivity index (χ1n) is 11.2. The standard InChI is InChI=1S/C25H38N4O4/c1-15(2)20(28-24(32)33-25(7,8)9)23(31)29(14-13-26)21(22(30)27-16(3)4)19-17(5)11-10-12-18(19)6/h10-12,15-16,20-21H,14H2,1-9H3,(H,27,30)(H,28,32). The second-order valence-corrected chi connectivity index (χ2v) is 9.86. The molecular weight excluding hydrogens is 420 g/mol. The van der Waals surface area contributed by atoms with Gasteiger partial charge in [-0.1, -0.05) is 32.0 Å². The van der Waals surface area contributed by atoms with Gasteiger partial charge in [0, 0.05) is 6.04 Å². The van der Waals surface area contributed by atoms with Crippen LogP contribution in [0.2, 0.25) is 0 Å². The zero-order valence-corrected chi connectivity index (χ0v) is 21.3. The van der Waals surface area contributed by atoms with Crippen LogP contribution in [0.3, 0.4) is 0 Å². The zero-order valence-electron chi connectivity index (χ0n) is 21.3. The Morgan fingerprint density at radius 2 is 1.61 bits per heavy atom. The quantitative estimate of drug-likeness (QED) is 0.576. The lowest BCUT2D eigenvalue weighted by molar-refractivity contribution is -0.142. The first-order chi connectivity index (χ1) is 15.2. The van der Waals surface area contributed by atoms with Gasteiger partial charge in [-0.05, 0) is 71.1 Å². The van der Waals surface area contributed by atoms with Crippen LogP contribution < -0.4 is 10.6 Å². The van der Waals surface area contributed by atoms with E-state index in [-0.39, 0.29) is 24.4 Å². The maximum Gasteiger partial charge on any atom is 0.408 e. The fourth-order valence-electron chi connectivity index (χ4n) is 3.55. The Kier molecular flexibility index (Phi) is 9.90. The van der Waals surface area contributed by atoms with Crippen molar-refractivity contribution in [1.82, 2.24) is 15.5 Å². The lowest BCUT2D eigenvalue weighted by atomic mass is 9.92. The fourth-order valence-corrected chi connectivity index (χ4v) is 3.55. The molecule has 8 nitrogen and oxygen atoms in total. The molecule has 0 fully saturated rings. The van der Waals surface area contributed by atoms with Gasteiger partial charge in [0.05, 0.1) is 6.07 Å². The average molecular weight is 459 g/mol. The number of carbonyl (C=O) groups excluding carboxylic acids is 3. The molecule has 3 amide bonds. The summed E-state index contributed by atoms with van der Waals surface area (Å²) in [7, 11) is 0. The van der Waals surface area contributed by atoms with Gasteiger partial charge in [0.1, 0.15) is 24.2 Å². The van der Waals surface area contributed by atoms with Gasteiger partial charge in [-0.25, -0.2) is 4.79 Å². The van der Waals surface area contributed by atoms with Crippen LogP contribution in [0.1, 0.15) is 71.2 Å². The molecule has 1 aromatic rings. The molecule has 1 aromatic carbocycles. The van der Waals surface area contributed by atoms with Gasteiger partial charge in [0.25, 0.3) is 0 Å². The first kappa shape index (κ1) is 28.0. The van der Waals surface area contributed by atoms with E-state index in [9.17, 15) is 19.6 Å². The third-order valence-corrected chi connectivity index (χ3v) is 4.94. The maximum atomic E-state index is 13.7. The SMILES string of the molecule is Cc1cccc(C)c1C(C(=O)NC(C)C)N(CC#N)C(=O)C(NC(=O)OC(C)(C)C)C(C)C. The molecule has 2 unspecified atom stereocenters. The summed E-state index contributed by atoms with van der Waals surface area (Å²) < 4.78 is 5.33. The highest BCUT2D eigenvalue weighted by Gasteiger charge is 2.38. The number of nitriles is 1. The van der Waals surface area contributed by atoms with Crippen molar-refractivity contribution >= 4 is 17.9 Å². The molecule has 0 aliphatic heterocycles. The minimum absolute atomic E-state index is 0.163. The van der Waals surface area contributed by atoms with Gasteiger partial charge in [-0.15, -0.1) is 0 Å². The molecule has 0 aromatic heterocycles. The second kappa shape index (κ2) is 11.7. The van der Waals surface area contributed by atoms with E-state index in [1.807, 2.05) is 52.0 Å². The van der Waals surface area contributed by atoms with Crippen LogP contribution in [-0.4, -0.2) is 47.0 Å². The minimum atomic E-state index is -1.03. The molecule has 0 aliphatic rings. The average Bonchev–Trinajstić information content (AvgIpc) is 2.65. The van der Waals surface area contributed by atoms with Crippen molar-refractivity contribution in [2.45, 2.75) is 86.0 Å². The van der Waals surface area contributed by atoms with Gasteiger partial charge in [0.15, 0.2) is 0 Å². The summed E-state index contributed by atoms with van der Waals surface area (Å²) in [4.78, 5) is 40.8. The highest BCUT2D eigenvalue weighted by Crippen LogP contribution is 2.29. The summed E-state index contributed by atoms with van der Waals surface area (Å²) in [6.07, 6.45) is -0.735. The molecule has 1 rings (SSSR count). The number of benzene rings is 1. The number of amides is 3. The Balaban J connectivity index is 3.52. The topological polar surface area (TPSA) is 112 Å². The van der Waals surface area contributed by atoms with Gasteiger partial charge in [-0.2, -0.15) is 5.26 Å². The molecule has 2 N–H and O–H groups in total. The highest BCUT2D eigenvalue weighted by atomic mass is 16.6. The summed E-state index contributed by atoms with van der Waals surface area (Å²) in [5.74, 6) is -1.22. The molecule has 33 heavy (non-hydrogen) atoms. The van der Waals surface area contributed by atoms with E-state index < -0.39 is 29.7 Å². The number of nitrogens with zero attached hydrogens (tertiary/aromatic N) is 2. The molecule has 0 heterocycles. The molecule has 0 spiro atoms. The smallest absolute Gasteiger partial charge is 0.408 e. The van der Waals surface area contributed by atoms with Crippen LogP contribution in [0.4, 0.5) is 4.79 Å². The van der Waals surface area contributed by atoms with Crippen LogP contribution in [0, 0.1) is 31.1 Å². The lowest BCUT2D eigenvalue weighted by Gasteiger charge is -2.35. The third kappa shape index (κ3) is 8.08. The van der Waals surface area contributed by atoms with Crippen molar-refractivity contribution in [3.8, 4) is 6.07 Å². The Hall–Kier alpha value is -3.08. The van der Waals surface area contributed by atoms with E-state index in [2.05, 4.69) is 10.6 Å². The van der Waals surface area contributed by atoms with Crippen molar-refractivity contribution < 1.29 is 19.1 Å². The van der Waals surface area contributed by atoms with E-state index in [1.165, 1.54) is 4.90 Å². The van der Waals surface area contributed by atoms with Crippen molar-refractivity contribution in [1.29, 1.82) is 5.26 Å². The van der Waals surface area contributed by atoms with Crippen LogP contribution in [0.25, 0.3) is 0 Å². The van der Waals surface area contributed by atoms with E-state index >= 15 is 0 Å². The van der Waals surface area contributed by atoms with E-state index in [4.69, 9.17) is 4.74 Å².